The molecule has 0 radical (unpaired) electrons. The Morgan fingerprint density at radius 3 is 2.45 bits per heavy atom. The van der Waals surface area contributed by atoms with Crippen molar-refractivity contribution in [3.8, 4) is 5.75 Å². The molecule has 0 spiro atoms. The molecule has 0 unspecified atom stereocenters. The third-order valence-electron chi connectivity index (χ3n) is 3.71. The number of benzene rings is 1. The maximum atomic E-state index is 11.4. The van der Waals surface area contributed by atoms with Gasteiger partial charge < -0.3 is 4.74 Å². The summed E-state index contributed by atoms with van der Waals surface area (Å²) in [4.78, 5) is 10.7. The summed E-state index contributed by atoms with van der Waals surface area (Å²) in [6.45, 7) is 1.62. The topological polar surface area (TPSA) is 98.5 Å². The minimum absolute atomic E-state index is 0.0559. The van der Waals surface area contributed by atoms with Crippen molar-refractivity contribution in [3.63, 3.8) is 0 Å². The predicted molar refractivity (Wildman–Crippen MR) is 83.8 cm³/mol. The molecular weight excluding hydrogens is 308 g/mol. The molecule has 0 bridgehead atoms. The van der Waals surface area contributed by atoms with Gasteiger partial charge in [-0.1, -0.05) is 6.42 Å². The van der Waals surface area contributed by atoms with E-state index in [0.29, 0.717) is 11.3 Å². The van der Waals surface area contributed by atoms with E-state index in [1.807, 2.05) is 0 Å². The van der Waals surface area contributed by atoms with E-state index >= 15 is 0 Å². The van der Waals surface area contributed by atoms with Gasteiger partial charge in [-0.3, -0.25) is 14.8 Å². The van der Waals surface area contributed by atoms with Crippen molar-refractivity contribution in [2.75, 3.05) is 11.0 Å². The monoisotopic (exact) mass is 328 g/mol. The standard InChI is InChI=1S/C14H20N2O5S/c1-10-12(15-22(2,19)20)8-9-13(16(17)18)14(10)21-11-6-4-3-5-7-11/h8-9,11,15H,3-7H2,1-2H3. The smallest absolute Gasteiger partial charge is 0.311 e. The third-order valence-corrected chi connectivity index (χ3v) is 4.30. The zero-order valence-electron chi connectivity index (χ0n) is 12.7. The maximum Gasteiger partial charge on any atom is 0.311 e. The van der Waals surface area contributed by atoms with E-state index in [4.69, 9.17) is 4.74 Å². The first kappa shape index (κ1) is 16.5. The lowest BCUT2D eigenvalue weighted by molar-refractivity contribution is -0.386. The molecule has 1 aromatic carbocycles. The number of nitro groups is 1. The highest BCUT2D eigenvalue weighted by molar-refractivity contribution is 7.92. The van der Waals surface area contributed by atoms with E-state index in [1.165, 1.54) is 12.1 Å². The van der Waals surface area contributed by atoms with Crippen LogP contribution >= 0.6 is 0 Å². The van der Waals surface area contributed by atoms with Crippen LogP contribution in [0.25, 0.3) is 0 Å². The largest absolute Gasteiger partial charge is 0.483 e. The average Bonchev–Trinajstić information content (AvgIpc) is 2.43. The molecule has 1 N–H and O–H groups in total. The minimum Gasteiger partial charge on any atom is -0.483 e. The molecule has 1 aliphatic carbocycles. The van der Waals surface area contributed by atoms with Crippen molar-refractivity contribution < 1.29 is 18.1 Å². The Balaban J connectivity index is 2.38. The summed E-state index contributed by atoms with van der Waals surface area (Å²) in [7, 11) is -3.46. The Labute approximate surface area is 129 Å². The van der Waals surface area contributed by atoms with E-state index in [9.17, 15) is 18.5 Å². The minimum atomic E-state index is -3.46. The quantitative estimate of drug-likeness (QED) is 0.662. The van der Waals surface area contributed by atoms with Crippen LogP contribution in [0.15, 0.2) is 12.1 Å². The Kier molecular flexibility index (Phi) is 4.90. The zero-order valence-corrected chi connectivity index (χ0v) is 13.5. The SMILES string of the molecule is Cc1c(NS(C)(=O)=O)ccc([N+](=O)[O-])c1OC1CCCCC1. The molecule has 7 nitrogen and oxygen atoms in total. The van der Waals surface area contributed by atoms with Crippen LogP contribution in [-0.2, 0) is 10.0 Å². The van der Waals surface area contributed by atoms with Gasteiger partial charge in [-0.2, -0.15) is 0 Å². The molecule has 1 saturated carbocycles. The third kappa shape index (κ3) is 4.09. The molecule has 0 aliphatic heterocycles. The van der Waals surface area contributed by atoms with E-state index in [-0.39, 0.29) is 17.5 Å². The molecule has 0 aromatic heterocycles. The molecule has 8 heteroatoms. The number of nitrogens with one attached hydrogen (secondary N) is 1. The van der Waals surface area contributed by atoms with Gasteiger partial charge in [0.1, 0.15) is 0 Å². The first-order chi connectivity index (χ1) is 10.3. The lowest BCUT2D eigenvalue weighted by atomic mass is 9.97. The van der Waals surface area contributed by atoms with Gasteiger partial charge in [0.15, 0.2) is 0 Å². The van der Waals surface area contributed by atoms with Crippen molar-refractivity contribution in [1.29, 1.82) is 0 Å². The van der Waals surface area contributed by atoms with Crippen molar-refractivity contribution in [3.05, 3.63) is 27.8 Å². The molecule has 0 amide bonds. The summed E-state index contributed by atoms with van der Waals surface area (Å²) in [6, 6.07) is 2.67. The van der Waals surface area contributed by atoms with Crippen LogP contribution in [0.1, 0.15) is 37.7 Å². The van der Waals surface area contributed by atoms with E-state index in [2.05, 4.69) is 4.72 Å². The first-order valence-electron chi connectivity index (χ1n) is 7.20. The van der Waals surface area contributed by atoms with Crippen molar-refractivity contribution >= 4 is 21.4 Å². The van der Waals surface area contributed by atoms with Crippen LogP contribution < -0.4 is 9.46 Å². The second kappa shape index (κ2) is 6.51. The van der Waals surface area contributed by atoms with Gasteiger partial charge in [0.2, 0.25) is 15.8 Å². The van der Waals surface area contributed by atoms with Gasteiger partial charge in [-0.25, -0.2) is 8.42 Å². The number of nitro benzene ring substituents is 1. The highest BCUT2D eigenvalue weighted by Crippen LogP contribution is 2.38. The maximum absolute atomic E-state index is 11.4. The summed E-state index contributed by atoms with van der Waals surface area (Å²) in [5.41, 5.74) is 0.603. The molecule has 2 rings (SSSR count). The van der Waals surface area contributed by atoms with E-state index in [1.54, 1.807) is 6.92 Å². The van der Waals surface area contributed by atoms with Crippen LogP contribution in [0.2, 0.25) is 0 Å². The summed E-state index contributed by atoms with van der Waals surface area (Å²) in [5, 5.41) is 11.2. The number of rotatable bonds is 5. The molecule has 1 aromatic rings. The molecule has 22 heavy (non-hydrogen) atoms. The van der Waals surface area contributed by atoms with Gasteiger partial charge in [0.05, 0.1) is 23.0 Å². The number of hydrogen-bond donors (Lipinski definition) is 1. The second-order valence-corrected chi connectivity index (χ2v) is 7.34. The number of anilines is 1. The Hall–Kier alpha value is -1.83. The zero-order chi connectivity index (χ0) is 16.3. The fourth-order valence-electron chi connectivity index (χ4n) is 2.63. The molecule has 1 fully saturated rings. The molecule has 0 heterocycles. The van der Waals surface area contributed by atoms with Gasteiger partial charge in [0, 0.05) is 11.6 Å². The van der Waals surface area contributed by atoms with Gasteiger partial charge in [-0.05, 0) is 38.7 Å². The lowest BCUT2D eigenvalue weighted by Crippen LogP contribution is -2.21. The van der Waals surface area contributed by atoms with Gasteiger partial charge in [-0.15, -0.1) is 0 Å². The summed E-state index contributed by atoms with van der Waals surface area (Å²) in [5.74, 6) is 0.158. The Morgan fingerprint density at radius 1 is 1.27 bits per heavy atom. The average molecular weight is 328 g/mol. The highest BCUT2D eigenvalue weighted by Gasteiger charge is 2.25. The highest BCUT2D eigenvalue weighted by atomic mass is 32.2. The Bertz CT molecular complexity index is 666. The Morgan fingerprint density at radius 2 is 1.91 bits per heavy atom. The number of hydrogen-bond acceptors (Lipinski definition) is 5. The number of ether oxygens (including phenoxy) is 1. The van der Waals surface area contributed by atoms with Crippen molar-refractivity contribution in [2.24, 2.45) is 0 Å². The number of nitrogens with zero attached hydrogens (tertiary/aromatic N) is 1. The molecule has 0 atom stereocenters. The predicted octanol–water partition coefficient (Wildman–Crippen LogP) is 2.99. The van der Waals surface area contributed by atoms with Gasteiger partial charge >= 0.3 is 5.69 Å². The van der Waals surface area contributed by atoms with Crippen LogP contribution in [0.5, 0.6) is 5.75 Å². The molecule has 1 aliphatic rings. The molecular formula is C14H20N2O5S. The second-order valence-electron chi connectivity index (χ2n) is 5.60. The van der Waals surface area contributed by atoms with Crippen LogP contribution in [0, 0.1) is 17.0 Å². The van der Waals surface area contributed by atoms with Crippen LogP contribution in [0.3, 0.4) is 0 Å². The van der Waals surface area contributed by atoms with Crippen molar-refractivity contribution in [1.82, 2.24) is 0 Å². The van der Waals surface area contributed by atoms with E-state index < -0.39 is 14.9 Å². The molecule has 122 valence electrons. The normalized spacial score (nSPS) is 16.3. The summed E-state index contributed by atoms with van der Waals surface area (Å²) >= 11 is 0. The van der Waals surface area contributed by atoms with Gasteiger partial charge in [0.25, 0.3) is 0 Å². The van der Waals surface area contributed by atoms with E-state index in [0.717, 1.165) is 38.4 Å². The lowest BCUT2D eigenvalue weighted by Gasteiger charge is -2.24. The molecule has 0 saturated heterocycles. The van der Waals surface area contributed by atoms with Crippen LogP contribution in [-0.4, -0.2) is 25.7 Å². The summed E-state index contributed by atoms with van der Waals surface area (Å²) < 4.78 is 31.0. The fraction of sp³-hybridized carbons (Fsp3) is 0.571. The van der Waals surface area contributed by atoms with Crippen LogP contribution in [0.4, 0.5) is 11.4 Å². The fourth-order valence-corrected chi connectivity index (χ4v) is 3.25. The number of sulfonamides is 1. The summed E-state index contributed by atoms with van der Waals surface area (Å²) in [6.07, 6.45) is 5.93. The first-order valence-corrected chi connectivity index (χ1v) is 9.09. The van der Waals surface area contributed by atoms with Crippen molar-refractivity contribution in [2.45, 2.75) is 45.1 Å².